The average Bonchev–Trinajstić information content (AvgIpc) is 2.86. The molecule has 0 fully saturated rings. The highest BCUT2D eigenvalue weighted by Gasteiger charge is 2.08. The lowest BCUT2D eigenvalue weighted by atomic mass is 10.2. The summed E-state index contributed by atoms with van der Waals surface area (Å²) in [7, 11) is 0. The molecule has 1 aromatic carbocycles. The fourth-order valence-corrected chi connectivity index (χ4v) is 3.45. The van der Waals surface area contributed by atoms with Crippen molar-refractivity contribution >= 4 is 33.0 Å². The summed E-state index contributed by atoms with van der Waals surface area (Å²) in [6.45, 7) is 5.32. The number of para-hydroxylation sites is 1. The molecule has 0 aliphatic rings. The van der Waals surface area contributed by atoms with Crippen molar-refractivity contribution in [2.24, 2.45) is 0 Å². The van der Waals surface area contributed by atoms with Crippen LogP contribution in [0.5, 0.6) is 0 Å². The lowest BCUT2D eigenvalue weighted by molar-refractivity contribution is 0.610. The molecular weight excluding hydrogens is 339 g/mol. The van der Waals surface area contributed by atoms with E-state index in [0.29, 0.717) is 5.69 Å². The summed E-state index contributed by atoms with van der Waals surface area (Å²) in [5.41, 5.74) is 0.677. The molecule has 0 saturated heterocycles. The maximum atomic E-state index is 13.7. The summed E-state index contributed by atoms with van der Waals surface area (Å²) in [6.07, 6.45) is 0. The van der Waals surface area contributed by atoms with Gasteiger partial charge in [-0.15, -0.1) is 11.3 Å². The van der Waals surface area contributed by atoms with Gasteiger partial charge >= 0.3 is 0 Å². The van der Waals surface area contributed by atoms with Gasteiger partial charge in [-0.05, 0) is 41.1 Å². The van der Waals surface area contributed by atoms with E-state index in [-0.39, 0.29) is 5.82 Å². The number of nitrogens with one attached hydrogen (secondary N) is 1. The molecule has 108 valence electrons. The van der Waals surface area contributed by atoms with Crippen LogP contribution in [-0.2, 0) is 6.54 Å². The second-order valence-corrected chi connectivity index (χ2v) is 6.35. The first kappa shape index (κ1) is 15.5. The third-order valence-electron chi connectivity index (χ3n) is 3.05. The zero-order chi connectivity index (χ0) is 14.4. The van der Waals surface area contributed by atoms with Crippen molar-refractivity contribution in [3.63, 3.8) is 0 Å². The molecule has 0 bridgehead atoms. The van der Waals surface area contributed by atoms with Crippen LogP contribution < -0.4 is 10.2 Å². The van der Waals surface area contributed by atoms with E-state index >= 15 is 0 Å². The largest absolute Gasteiger partial charge is 0.368 e. The van der Waals surface area contributed by atoms with Crippen LogP contribution in [-0.4, -0.2) is 19.6 Å². The van der Waals surface area contributed by atoms with Crippen LogP contribution >= 0.6 is 27.3 Å². The third kappa shape index (κ3) is 4.30. The molecule has 0 aliphatic heterocycles. The van der Waals surface area contributed by atoms with Crippen LogP contribution in [0.4, 0.5) is 10.1 Å². The maximum Gasteiger partial charge on any atom is 0.146 e. The van der Waals surface area contributed by atoms with Crippen molar-refractivity contribution < 1.29 is 4.39 Å². The smallest absolute Gasteiger partial charge is 0.146 e. The van der Waals surface area contributed by atoms with Gasteiger partial charge in [0.2, 0.25) is 0 Å². The Morgan fingerprint density at radius 2 is 2.15 bits per heavy atom. The number of halogens is 2. The Bertz CT molecular complexity index is 544. The Morgan fingerprint density at radius 3 is 2.80 bits per heavy atom. The summed E-state index contributed by atoms with van der Waals surface area (Å²) in [4.78, 5) is 3.35. The summed E-state index contributed by atoms with van der Waals surface area (Å²) in [5, 5.41) is 5.47. The van der Waals surface area contributed by atoms with Gasteiger partial charge in [0.1, 0.15) is 5.82 Å². The Morgan fingerprint density at radius 1 is 1.35 bits per heavy atom. The second-order valence-electron chi connectivity index (χ2n) is 4.44. The van der Waals surface area contributed by atoms with Crippen molar-refractivity contribution in [1.29, 1.82) is 0 Å². The summed E-state index contributed by atoms with van der Waals surface area (Å²) >= 11 is 5.18. The van der Waals surface area contributed by atoms with Gasteiger partial charge in [0, 0.05) is 40.9 Å². The highest BCUT2D eigenvalue weighted by Crippen LogP contribution is 2.20. The highest BCUT2D eigenvalue weighted by molar-refractivity contribution is 9.10. The van der Waals surface area contributed by atoms with E-state index in [4.69, 9.17) is 0 Å². The number of benzene rings is 1. The average molecular weight is 357 g/mol. The maximum absolute atomic E-state index is 13.7. The van der Waals surface area contributed by atoms with Crippen molar-refractivity contribution in [2.75, 3.05) is 24.5 Å². The Balaban J connectivity index is 1.81. The van der Waals surface area contributed by atoms with Crippen molar-refractivity contribution in [3.8, 4) is 0 Å². The first-order valence-electron chi connectivity index (χ1n) is 6.63. The van der Waals surface area contributed by atoms with Crippen LogP contribution in [0.15, 0.2) is 40.2 Å². The zero-order valence-electron chi connectivity index (χ0n) is 11.4. The Labute approximate surface area is 131 Å². The number of rotatable bonds is 7. The van der Waals surface area contributed by atoms with Crippen LogP contribution in [0.25, 0.3) is 0 Å². The minimum Gasteiger partial charge on any atom is -0.368 e. The number of hydrogen-bond acceptors (Lipinski definition) is 3. The molecule has 0 aliphatic carbocycles. The molecule has 2 aromatic rings. The lowest BCUT2D eigenvalue weighted by Gasteiger charge is -2.23. The lowest BCUT2D eigenvalue weighted by Crippen LogP contribution is -2.32. The van der Waals surface area contributed by atoms with E-state index in [1.165, 1.54) is 10.9 Å². The van der Waals surface area contributed by atoms with Gasteiger partial charge < -0.3 is 10.2 Å². The molecule has 0 radical (unpaired) electrons. The number of likely N-dealkylation sites (N-methyl/N-ethyl adjacent to an activating group) is 1. The SMILES string of the molecule is CCN(CCNCc1cc(Br)cs1)c1ccccc1F. The predicted octanol–water partition coefficient (Wildman–Crippen LogP) is 4.27. The van der Waals surface area contributed by atoms with Crippen LogP contribution in [0, 0.1) is 5.82 Å². The molecule has 0 atom stereocenters. The van der Waals surface area contributed by atoms with E-state index in [2.05, 4.69) is 32.7 Å². The second kappa shape index (κ2) is 7.76. The normalized spacial score (nSPS) is 10.8. The Kier molecular flexibility index (Phi) is 6.01. The standard InChI is InChI=1S/C15H18BrFN2S/c1-2-19(15-6-4-3-5-14(15)17)8-7-18-10-13-9-12(16)11-20-13/h3-6,9,11,18H,2,7-8,10H2,1H3. The van der Waals surface area contributed by atoms with Gasteiger partial charge in [-0.2, -0.15) is 0 Å². The van der Waals surface area contributed by atoms with E-state index in [1.807, 2.05) is 24.0 Å². The van der Waals surface area contributed by atoms with Gasteiger partial charge in [0.05, 0.1) is 5.69 Å². The third-order valence-corrected chi connectivity index (χ3v) is 4.75. The molecule has 2 nitrogen and oxygen atoms in total. The molecule has 1 N–H and O–H groups in total. The molecule has 1 aromatic heterocycles. The molecule has 2 rings (SSSR count). The number of hydrogen-bond donors (Lipinski definition) is 1. The first-order chi connectivity index (χ1) is 9.70. The predicted molar refractivity (Wildman–Crippen MR) is 88.0 cm³/mol. The molecular formula is C15H18BrFN2S. The summed E-state index contributed by atoms with van der Waals surface area (Å²) in [6, 6.07) is 9.05. The van der Waals surface area contributed by atoms with Crippen molar-refractivity contribution in [3.05, 3.63) is 50.9 Å². The highest BCUT2D eigenvalue weighted by atomic mass is 79.9. The molecule has 0 unspecified atom stereocenters. The topological polar surface area (TPSA) is 15.3 Å². The van der Waals surface area contributed by atoms with Crippen molar-refractivity contribution in [1.82, 2.24) is 5.32 Å². The molecule has 0 amide bonds. The van der Waals surface area contributed by atoms with Crippen LogP contribution in [0.3, 0.4) is 0 Å². The zero-order valence-corrected chi connectivity index (χ0v) is 13.8. The van der Waals surface area contributed by atoms with Gasteiger partial charge in [-0.3, -0.25) is 0 Å². The van der Waals surface area contributed by atoms with E-state index in [9.17, 15) is 4.39 Å². The minimum absolute atomic E-state index is 0.156. The molecule has 0 spiro atoms. The molecule has 5 heteroatoms. The number of thiophene rings is 1. The van der Waals surface area contributed by atoms with E-state index in [1.54, 1.807) is 17.4 Å². The van der Waals surface area contributed by atoms with Gasteiger partial charge in [-0.1, -0.05) is 12.1 Å². The monoisotopic (exact) mass is 356 g/mol. The van der Waals surface area contributed by atoms with Gasteiger partial charge in [0.25, 0.3) is 0 Å². The quantitative estimate of drug-likeness (QED) is 0.745. The van der Waals surface area contributed by atoms with Crippen LogP contribution in [0.1, 0.15) is 11.8 Å². The van der Waals surface area contributed by atoms with Crippen LogP contribution in [0.2, 0.25) is 0 Å². The number of nitrogens with zero attached hydrogens (tertiary/aromatic N) is 1. The number of anilines is 1. The Hall–Kier alpha value is -0.910. The first-order valence-corrected chi connectivity index (χ1v) is 8.31. The van der Waals surface area contributed by atoms with E-state index in [0.717, 1.165) is 30.7 Å². The fourth-order valence-electron chi connectivity index (χ4n) is 2.03. The molecule has 20 heavy (non-hydrogen) atoms. The fraction of sp³-hybridized carbons (Fsp3) is 0.333. The van der Waals surface area contributed by atoms with E-state index < -0.39 is 0 Å². The van der Waals surface area contributed by atoms with Gasteiger partial charge in [-0.25, -0.2) is 4.39 Å². The van der Waals surface area contributed by atoms with Crippen molar-refractivity contribution in [2.45, 2.75) is 13.5 Å². The summed E-state index contributed by atoms with van der Waals surface area (Å²) < 4.78 is 14.9. The van der Waals surface area contributed by atoms with Gasteiger partial charge in [0.15, 0.2) is 0 Å². The minimum atomic E-state index is -0.156. The summed E-state index contributed by atoms with van der Waals surface area (Å²) in [5.74, 6) is -0.156. The molecule has 1 heterocycles. The molecule has 0 saturated carbocycles.